The molecule has 1 aliphatic carbocycles. The standard InChI is InChI=1S/C15H21FN2/c1-10(17)11-5-6-15(14(16)7-11)18-8-12-3-2-4-13(12)9-18/h5-7,10,12-13H,2-4,8-9,17H2,1H3/t10-,12?,13?/m0/s1. The van der Waals surface area contributed by atoms with Gasteiger partial charge in [-0.1, -0.05) is 12.5 Å². The molecule has 1 saturated carbocycles. The molecule has 1 aromatic rings. The summed E-state index contributed by atoms with van der Waals surface area (Å²) in [4.78, 5) is 2.22. The second-order valence-electron chi connectivity index (χ2n) is 5.86. The van der Waals surface area contributed by atoms with Gasteiger partial charge in [0.15, 0.2) is 0 Å². The quantitative estimate of drug-likeness (QED) is 0.871. The predicted molar refractivity (Wildman–Crippen MR) is 72.0 cm³/mol. The Bertz CT molecular complexity index is 432. The molecule has 2 aliphatic rings. The number of nitrogens with two attached hydrogens (primary N) is 1. The summed E-state index contributed by atoms with van der Waals surface area (Å²) < 4.78 is 14.1. The van der Waals surface area contributed by atoms with Crippen LogP contribution in [0.5, 0.6) is 0 Å². The average molecular weight is 248 g/mol. The third kappa shape index (κ3) is 2.01. The van der Waals surface area contributed by atoms with E-state index in [1.54, 1.807) is 6.07 Å². The first-order valence-corrected chi connectivity index (χ1v) is 6.95. The molecule has 2 unspecified atom stereocenters. The minimum atomic E-state index is -0.121. The van der Waals surface area contributed by atoms with Gasteiger partial charge in [0.25, 0.3) is 0 Å². The van der Waals surface area contributed by atoms with Gasteiger partial charge in [-0.3, -0.25) is 0 Å². The minimum Gasteiger partial charge on any atom is -0.369 e. The van der Waals surface area contributed by atoms with Gasteiger partial charge in [-0.05, 0) is 49.3 Å². The van der Waals surface area contributed by atoms with Crippen molar-refractivity contribution in [1.82, 2.24) is 0 Å². The van der Waals surface area contributed by atoms with Crippen LogP contribution in [0, 0.1) is 17.7 Å². The van der Waals surface area contributed by atoms with Crippen LogP contribution in [0.2, 0.25) is 0 Å². The molecule has 2 N–H and O–H groups in total. The first-order chi connectivity index (χ1) is 8.65. The summed E-state index contributed by atoms with van der Waals surface area (Å²) in [5.41, 5.74) is 7.41. The molecule has 0 aromatic heterocycles. The topological polar surface area (TPSA) is 29.3 Å². The Morgan fingerprint density at radius 2 is 1.94 bits per heavy atom. The Labute approximate surface area is 108 Å². The van der Waals surface area contributed by atoms with E-state index in [4.69, 9.17) is 5.73 Å². The van der Waals surface area contributed by atoms with Crippen molar-refractivity contribution in [2.75, 3.05) is 18.0 Å². The van der Waals surface area contributed by atoms with Crippen LogP contribution in [0.3, 0.4) is 0 Å². The first kappa shape index (κ1) is 12.0. The molecule has 1 aromatic carbocycles. The lowest BCUT2D eigenvalue weighted by atomic mass is 10.0. The Morgan fingerprint density at radius 1 is 1.28 bits per heavy atom. The van der Waals surface area contributed by atoms with E-state index in [-0.39, 0.29) is 11.9 Å². The van der Waals surface area contributed by atoms with Gasteiger partial charge in [0, 0.05) is 19.1 Å². The van der Waals surface area contributed by atoms with Crippen molar-refractivity contribution in [2.24, 2.45) is 17.6 Å². The van der Waals surface area contributed by atoms with Gasteiger partial charge < -0.3 is 10.6 Å². The number of anilines is 1. The summed E-state index contributed by atoms with van der Waals surface area (Å²) in [7, 11) is 0. The molecule has 3 atom stereocenters. The lowest BCUT2D eigenvalue weighted by Crippen LogP contribution is -2.22. The van der Waals surface area contributed by atoms with Crippen LogP contribution < -0.4 is 10.6 Å². The summed E-state index contributed by atoms with van der Waals surface area (Å²) in [6.07, 6.45) is 4.00. The van der Waals surface area contributed by atoms with Crippen molar-refractivity contribution < 1.29 is 4.39 Å². The number of hydrogen-bond acceptors (Lipinski definition) is 2. The highest BCUT2D eigenvalue weighted by Gasteiger charge is 2.36. The van der Waals surface area contributed by atoms with Gasteiger partial charge in [0.05, 0.1) is 5.69 Å². The smallest absolute Gasteiger partial charge is 0.146 e. The van der Waals surface area contributed by atoms with Gasteiger partial charge in [0.2, 0.25) is 0 Å². The number of halogens is 1. The highest BCUT2D eigenvalue weighted by atomic mass is 19.1. The molecule has 1 aliphatic heterocycles. The highest BCUT2D eigenvalue weighted by Crippen LogP contribution is 2.40. The Hall–Kier alpha value is -1.09. The number of fused-ring (bicyclic) bond motifs is 1. The van der Waals surface area contributed by atoms with E-state index in [1.165, 1.54) is 19.3 Å². The van der Waals surface area contributed by atoms with Crippen LogP contribution in [0.1, 0.15) is 37.8 Å². The van der Waals surface area contributed by atoms with E-state index >= 15 is 0 Å². The molecule has 0 radical (unpaired) electrons. The molecule has 2 fully saturated rings. The molecule has 18 heavy (non-hydrogen) atoms. The van der Waals surface area contributed by atoms with Crippen LogP contribution in [0.4, 0.5) is 10.1 Å². The third-order valence-electron chi connectivity index (χ3n) is 4.56. The van der Waals surface area contributed by atoms with Gasteiger partial charge >= 0.3 is 0 Å². The van der Waals surface area contributed by atoms with E-state index in [0.717, 1.165) is 36.2 Å². The first-order valence-electron chi connectivity index (χ1n) is 6.95. The van der Waals surface area contributed by atoms with E-state index in [9.17, 15) is 4.39 Å². The maximum atomic E-state index is 14.1. The molecular weight excluding hydrogens is 227 g/mol. The van der Waals surface area contributed by atoms with E-state index in [0.29, 0.717) is 0 Å². The Morgan fingerprint density at radius 3 is 2.50 bits per heavy atom. The molecule has 3 heteroatoms. The summed E-state index contributed by atoms with van der Waals surface area (Å²) in [6, 6.07) is 5.34. The second kappa shape index (κ2) is 4.54. The monoisotopic (exact) mass is 248 g/mol. The summed E-state index contributed by atoms with van der Waals surface area (Å²) in [5.74, 6) is 1.46. The largest absolute Gasteiger partial charge is 0.369 e. The fraction of sp³-hybridized carbons (Fsp3) is 0.600. The number of benzene rings is 1. The average Bonchev–Trinajstić information content (AvgIpc) is 2.88. The molecule has 0 bridgehead atoms. The molecule has 1 saturated heterocycles. The van der Waals surface area contributed by atoms with Gasteiger partial charge in [0.1, 0.15) is 5.82 Å². The second-order valence-corrected chi connectivity index (χ2v) is 5.86. The lowest BCUT2D eigenvalue weighted by molar-refractivity contribution is 0.494. The lowest BCUT2D eigenvalue weighted by Gasteiger charge is -2.21. The zero-order valence-electron chi connectivity index (χ0n) is 10.9. The molecule has 0 spiro atoms. The maximum absolute atomic E-state index is 14.1. The Balaban J connectivity index is 1.81. The van der Waals surface area contributed by atoms with Crippen molar-refractivity contribution in [2.45, 2.75) is 32.2 Å². The van der Waals surface area contributed by atoms with Crippen LogP contribution in [-0.2, 0) is 0 Å². The molecule has 98 valence electrons. The minimum absolute atomic E-state index is 0.105. The number of rotatable bonds is 2. The molecule has 3 rings (SSSR count). The number of hydrogen-bond donors (Lipinski definition) is 1. The van der Waals surface area contributed by atoms with Gasteiger partial charge in [-0.2, -0.15) is 0 Å². The van der Waals surface area contributed by atoms with Crippen LogP contribution in [0.15, 0.2) is 18.2 Å². The third-order valence-corrected chi connectivity index (χ3v) is 4.56. The van der Waals surface area contributed by atoms with Crippen molar-refractivity contribution in [3.63, 3.8) is 0 Å². The predicted octanol–water partition coefficient (Wildman–Crippen LogP) is 3.08. The van der Waals surface area contributed by atoms with Crippen LogP contribution in [-0.4, -0.2) is 13.1 Å². The molecule has 2 nitrogen and oxygen atoms in total. The van der Waals surface area contributed by atoms with Gasteiger partial charge in [-0.15, -0.1) is 0 Å². The van der Waals surface area contributed by atoms with E-state index in [1.807, 2.05) is 19.1 Å². The fourth-order valence-corrected chi connectivity index (χ4v) is 3.49. The Kier molecular flexibility index (Phi) is 3.02. The van der Waals surface area contributed by atoms with Crippen molar-refractivity contribution >= 4 is 5.69 Å². The fourth-order valence-electron chi connectivity index (χ4n) is 3.49. The zero-order valence-corrected chi connectivity index (χ0v) is 10.9. The van der Waals surface area contributed by atoms with E-state index < -0.39 is 0 Å². The number of nitrogens with zero attached hydrogens (tertiary/aromatic N) is 1. The zero-order chi connectivity index (χ0) is 12.7. The maximum Gasteiger partial charge on any atom is 0.146 e. The highest BCUT2D eigenvalue weighted by molar-refractivity contribution is 5.50. The normalized spacial score (nSPS) is 28.5. The summed E-state index contributed by atoms with van der Waals surface area (Å²) in [6.45, 7) is 3.94. The van der Waals surface area contributed by atoms with Crippen molar-refractivity contribution in [3.05, 3.63) is 29.6 Å². The summed E-state index contributed by atoms with van der Waals surface area (Å²) in [5, 5.41) is 0. The summed E-state index contributed by atoms with van der Waals surface area (Å²) >= 11 is 0. The van der Waals surface area contributed by atoms with Crippen LogP contribution >= 0.6 is 0 Å². The van der Waals surface area contributed by atoms with Gasteiger partial charge in [-0.25, -0.2) is 4.39 Å². The van der Waals surface area contributed by atoms with Crippen molar-refractivity contribution in [1.29, 1.82) is 0 Å². The van der Waals surface area contributed by atoms with E-state index in [2.05, 4.69) is 4.90 Å². The molecule has 1 heterocycles. The van der Waals surface area contributed by atoms with Crippen molar-refractivity contribution in [3.8, 4) is 0 Å². The molecular formula is C15H21FN2. The molecule has 0 amide bonds. The van der Waals surface area contributed by atoms with Crippen LogP contribution in [0.25, 0.3) is 0 Å². The SMILES string of the molecule is C[C@H](N)c1ccc(N2CC3CCCC3C2)c(F)c1.